The topological polar surface area (TPSA) is 32.7 Å². The lowest BCUT2D eigenvalue weighted by molar-refractivity contribution is 0.0607. The molecule has 2 aliphatic heterocycles. The van der Waals surface area contributed by atoms with Crippen molar-refractivity contribution >= 4 is 8.32 Å². The van der Waals surface area contributed by atoms with Gasteiger partial charge in [-0.1, -0.05) is 20.8 Å². The van der Waals surface area contributed by atoms with Crippen molar-refractivity contribution in [2.24, 2.45) is 0 Å². The van der Waals surface area contributed by atoms with Gasteiger partial charge >= 0.3 is 0 Å². The van der Waals surface area contributed by atoms with E-state index in [4.69, 9.17) is 4.43 Å². The molecule has 0 aromatic rings. The molecule has 0 saturated carbocycles. The normalized spacial score (nSPS) is 32.8. The molecule has 0 aromatic heterocycles. The van der Waals surface area contributed by atoms with Gasteiger partial charge in [0, 0.05) is 18.2 Å². The first-order valence-electron chi connectivity index (χ1n) is 7.73. The predicted octanol–water partition coefficient (Wildman–Crippen LogP) is 3.00. The summed E-state index contributed by atoms with van der Waals surface area (Å²) in [6.07, 6.45) is 4.74. The minimum atomic E-state index is -1.64. The molecule has 2 atom stereocenters. The van der Waals surface area contributed by atoms with Crippen molar-refractivity contribution in [3.05, 3.63) is 0 Å². The van der Waals surface area contributed by atoms with Gasteiger partial charge in [-0.15, -0.1) is 0 Å². The molecule has 112 valence electrons. The summed E-state index contributed by atoms with van der Waals surface area (Å²) in [6.45, 7) is 13.9. The summed E-state index contributed by atoms with van der Waals surface area (Å²) in [7, 11) is -1.64. The van der Waals surface area contributed by atoms with Gasteiger partial charge in [0.2, 0.25) is 0 Å². The summed E-state index contributed by atoms with van der Waals surface area (Å²) < 4.78 is 6.39. The maximum Gasteiger partial charge on any atom is 0.192 e. The predicted molar refractivity (Wildman–Crippen MR) is 81.9 cm³/mol. The maximum atomic E-state index is 9.73. The van der Waals surface area contributed by atoms with Crippen LogP contribution in [0.4, 0.5) is 0 Å². The minimum Gasteiger partial charge on any atom is -0.415 e. The van der Waals surface area contributed by atoms with E-state index in [1.807, 2.05) is 0 Å². The molecule has 0 amide bonds. The third kappa shape index (κ3) is 2.78. The molecule has 0 aromatic carbocycles. The third-order valence-electron chi connectivity index (χ3n) is 5.77. The maximum absolute atomic E-state index is 9.73. The minimum absolute atomic E-state index is 0.0987. The summed E-state index contributed by atoms with van der Waals surface area (Å²) >= 11 is 0. The number of fused-ring (bicyclic) bond motifs is 1. The summed E-state index contributed by atoms with van der Waals surface area (Å²) in [5.74, 6) is 0. The highest BCUT2D eigenvalue weighted by atomic mass is 28.4. The zero-order chi connectivity index (χ0) is 14.3. The first-order valence-corrected chi connectivity index (χ1v) is 10.6. The van der Waals surface area contributed by atoms with Gasteiger partial charge in [-0.2, -0.15) is 0 Å². The molecule has 0 aliphatic carbocycles. The second-order valence-electron chi connectivity index (χ2n) is 7.94. The molecule has 0 radical (unpaired) electrons. The molecule has 3 nitrogen and oxygen atoms in total. The Kier molecular flexibility index (Phi) is 4.18. The molecule has 2 heterocycles. The highest BCUT2D eigenvalue weighted by Crippen LogP contribution is 2.43. The van der Waals surface area contributed by atoms with E-state index in [1.165, 1.54) is 19.3 Å². The van der Waals surface area contributed by atoms with E-state index in [0.717, 1.165) is 19.6 Å². The third-order valence-corrected chi connectivity index (χ3v) is 10.3. The molecule has 4 heteroatoms. The van der Waals surface area contributed by atoms with Crippen molar-refractivity contribution in [3.8, 4) is 0 Å². The Labute approximate surface area is 119 Å². The molecule has 2 saturated heterocycles. The Morgan fingerprint density at radius 2 is 2.00 bits per heavy atom. The lowest BCUT2D eigenvalue weighted by atomic mass is 9.95. The standard InChI is InChI=1S/C15H31NO2Si/c1-14(2,3)19(4,5)18-11-13-7-9-15(12-17)8-6-10-16(13)15/h13,17H,6-12H2,1-5H3/t13?,15-/m1/s1. The van der Waals surface area contributed by atoms with E-state index in [-0.39, 0.29) is 10.6 Å². The van der Waals surface area contributed by atoms with Gasteiger partial charge in [-0.25, -0.2) is 0 Å². The van der Waals surface area contributed by atoms with Gasteiger partial charge in [0.05, 0.1) is 6.61 Å². The Bertz CT molecular complexity index is 327. The number of aliphatic hydroxyl groups is 1. The first-order chi connectivity index (χ1) is 8.72. The van der Waals surface area contributed by atoms with Crippen LogP contribution in [0.25, 0.3) is 0 Å². The van der Waals surface area contributed by atoms with E-state index in [1.54, 1.807) is 0 Å². The number of nitrogens with zero attached hydrogens (tertiary/aromatic N) is 1. The number of hydrogen-bond acceptors (Lipinski definition) is 3. The summed E-state index contributed by atoms with van der Waals surface area (Å²) in [6, 6.07) is 0.531. The fourth-order valence-electron chi connectivity index (χ4n) is 3.33. The number of hydrogen-bond donors (Lipinski definition) is 1. The molecule has 19 heavy (non-hydrogen) atoms. The molecule has 2 aliphatic rings. The van der Waals surface area contributed by atoms with Crippen LogP contribution in [-0.2, 0) is 4.43 Å². The average Bonchev–Trinajstić information content (AvgIpc) is 2.83. The van der Waals surface area contributed by atoms with Gasteiger partial charge < -0.3 is 9.53 Å². The van der Waals surface area contributed by atoms with Gasteiger partial charge in [0.15, 0.2) is 8.32 Å². The van der Waals surface area contributed by atoms with E-state index in [0.29, 0.717) is 12.6 Å². The van der Waals surface area contributed by atoms with Crippen molar-refractivity contribution in [2.45, 2.75) is 76.2 Å². The van der Waals surface area contributed by atoms with Crippen molar-refractivity contribution in [1.82, 2.24) is 4.90 Å². The molecular formula is C15H31NO2Si. The van der Waals surface area contributed by atoms with Crippen molar-refractivity contribution < 1.29 is 9.53 Å². The Hall–Kier alpha value is 0.0969. The van der Waals surface area contributed by atoms with Crippen LogP contribution in [0.3, 0.4) is 0 Å². The van der Waals surface area contributed by atoms with Crippen LogP contribution < -0.4 is 0 Å². The SMILES string of the molecule is CC(C)(C)[Si](C)(C)OCC1CC[C@@]2(CO)CCCN12. The molecule has 0 bridgehead atoms. The van der Waals surface area contributed by atoms with Gasteiger partial charge in [-0.3, -0.25) is 4.90 Å². The zero-order valence-corrected chi connectivity index (χ0v) is 14.3. The summed E-state index contributed by atoms with van der Waals surface area (Å²) in [4.78, 5) is 2.54. The summed E-state index contributed by atoms with van der Waals surface area (Å²) in [5, 5.41) is 10.0. The fourth-order valence-corrected chi connectivity index (χ4v) is 4.37. The molecule has 0 spiro atoms. The van der Waals surface area contributed by atoms with Crippen molar-refractivity contribution in [3.63, 3.8) is 0 Å². The molecule has 2 fully saturated rings. The van der Waals surface area contributed by atoms with Crippen LogP contribution >= 0.6 is 0 Å². The highest BCUT2D eigenvalue weighted by Gasteiger charge is 2.49. The lowest BCUT2D eigenvalue weighted by Crippen LogP contribution is -2.49. The van der Waals surface area contributed by atoms with E-state index in [9.17, 15) is 5.11 Å². The smallest absolute Gasteiger partial charge is 0.192 e. The van der Waals surface area contributed by atoms with E-state index in [2.05, 4.69) is 38.8 Å². The van der Waals surface area contributed by atoms with E-state index >= 15 is 0 Å². The van der Waals surface area contributed by atoms with Crippen LogP contribution in [-0.4, -0.2) is 49.7 Å². The van der Waals surface area contributed by atoms with Crippen LogP contribution in [0.2, 0.25) is 18.1 Å². The van der Waals surface area contributed by atoms with Crippen LogP contribution in [0.1, 0.15) is 46.5 Å². The Morgan fingerprint density at radius 3 is 2.58 bits per heavy atom. The van der Waals surface area contributed by atoms with Crippen LogP contribution in [0, 0.1) is 0 Å². The number of aliphatic hydroxyl groups excluding tert-OH is 1. The first kappa shape index (κ1) is 15.5. The molecule has 1 N–H and O–H groups in total. The Morgan fingerprint density at radius 1 is 1.32 bits per heavy atom. The quantitative estimate of drug-likeness (QED) is 0.806. The second-order valence-corrected chi connectivity index (χ2v) is 12.8. The van der Waals surface area contributed by atoms with Crippen LogP contribution in [0.5, 0.6) is 0 Å². The largest absolute Gasteiger partial charge is 0.415 e. The molecule has 1 unspecified atom stereocenters. The molecular weight excluding hydrogens is 254 g/mol. The van der Waals surface area contributed by atoms with Crippen molar-refractivity contribution in [1.29, 1.82) is 0 Å². The number of rotatable bonds is 4. The van der Waals surface area contributed by atoms with Gasteiger partial charge in [0.1, 0.15) is 0 Å². The van der Waals surface area contributed by atoms with E-state index < -0.39 is 8.32 Å². The average molecular weight is 286 g/mol. The lowest BCUT2D eigenvalue weighted by Gasteiger charge is -2.39. The molecule has 2 rings (SSSR count). The van der Waals surface area contributed by atoms with Gasteiger partial charge in [0.25, 0.3) is 0 Å². The summed E-state index contributed by atoms with van der Waals surface area (Å²) in [5.41, 5.74) is 0.0987. The Balaban J connectivity index is 1.95. The fraction of sp³-hybridized carbons (Fsp3) is 1.00. The second kappa shape index (κ2) is 5.13. The van der Waals surface area contributed by atoms with Crippen LogP contribution in [0.15, 0.2) is 0 Å². The van der Waals surface area contributed by atoms with Gasteiger partial charge in [-0.05, 0) is 50.4 Å². The highest BCUT2D eigenvalue weighted by molar-refractivity contribution is 6.74. The van der Waals surface area contributed by atoms with Crippen molar-refractivity contribution in [2.75, 3.05) is 19.8 Å². The monoisotopic (exact) mass is 285 g/mol. The zero-order valence-electron chi connectivity index (χ0n) is 13.3.